The van der Waals surface area contributed by atoms with Gasteiger partial charge in [-0.25, -0.2) is 9.98 Å². The molecule has 1 aliphatic carbocycles. The van der Waals surface area contributed by atoms with Crippen LogP contribution >= 0.6 is 0 Å². The quantitative estimate of drug-likeness (QED) is 0.134. The highest BCUT2D eigenvalue weighted by Crippen LogP contribution is 2.36. The predicted molar refractivity (Wildman–Crippen MR) is 163 cm³/mol. The summed E-state index contributed by atoms with van der Waals surface area (Å²) in [6.07, 6.45) is 4.90. The lowest BCUT2D eigenvalue weighted by atomic mass is 10.1. The van der Waals surface area contributed by atoms with Gasteiger partial charge in [0.1, 0.15) is 34.4 Å². The van der Waals surface area contributed by atoms with Crippen LogP contribution < -0.4 is 24.6 Å². The van der Waals surface area contributed by atoms with Crippen LogP contribution in [0.4, 0.5) is 28.4 Å². The van der Waals surface area contributed by atoms with Gasteiger partial charge in [0.2, 0.25) is 0 Å². The molecular weight excluding hydrogens is 540 g/mol. The first kappa shape index (κ1) is 30.3. The molecule has 0 aromatic heterocycles. The van der Waals surface area contributed by atoms with Crippen molar-refractivity contribution < 1.29 is 38.7 Å². The van der Waals surface area contributed by atoms with Gasteiger partial charge in [0.05, 0.1) is 17.1 Å². The van der Waals surface area contributed by atoms with E-state index in [2.05, 4.69) is 20.6 Å². The summed E-state index contributed by atoms with van der Waals surface area (Å²) in [6.45, 7) is 1.83. The molecule has 3 aromatic carbocycles. The van der Waals surface area contributed by atoms with Crippen LogP contribution in [0.25, 0.3) is 0 Å². The van der Waals surface area contributed by atoms with Gasteiger partial charge in [-0.3, -0.25) is 0 Å². The van der Waals surface area contributed by atoms with E-state index in [1.807, 2.05) is 13.0 Å². The average Bonchev–Trinajstić information content (AvgIpc) is 2.99. The maximum atomic E-state index is 9.37. The van der Waals surface area contributed by atoms with Gasteiger partial charge in [-0.15, -0.1) is 0 Å². The van der Waals surface area contributed by atoms with Crippen molar-refractivity contribution in [3.05, 3.63) is 84.1 Å². The van der Waals surface area contributed by atoms with Crippen LogP contribution in [0.2, 0.25) is 0 Å². The van der Waals surface area contributed by atoms with E-state index in [9.17, 15) is 10.0 Å². The summed E-state index contributed by atoms with van der Waals surface area (Å²) in [5, 5.41) is 43.0. The zero-order chi connectivity index (χ0) is 29.9. The van der Waals surface area contributed by atoms with E-state index in [1.165, 1.54) is 0 Å². The fourth-order valence-corrected chi connectivity index (χ4v) is 3.86. The lowest BCUT2D eigenvalue weighted by Crippen LogP contribution is -2.13. The molecule has 0 spiro atoms. The zero-order valence-electron chi connectivity index (χ0n) is 22.6. The molecule has 0 atom stereocenters. The Hall–Kier alpha value is -4.62. The summed E-state index contributed by atoms with van der Waals surface area (Å²) in [5.74, 6) is 1.24. The standard InChI is InChI=1S/C26H24B4N4O8/c1-15-3-4-17(12-23(15)39-27-35)32-21-9-6-19(14-25(21)41-29-37)34-22-10-7-18(13-26(22)42-30-38)33-20-8-5-16(31-2)11-24(20)40-28-36/h3-14,31,33,35-38H,1-2H3. The van der Waals surface area contributed by atoms with Crippen LogP contribution in [-0.4, -0.2) is 69.3 Å². The van der Waals surface area contributed by atoms with E-state index in [0.29, 0.717) is 76.4 Å². The first-order chi connectivity index (χ1) is 20.5. The number of anilines is 3. The van der Waals surface area contributed by atoms with Gasteiger partial charge >= 0.3 is 30.7 Å². The maximum Gasteiger partial charge on any atom is 0.569 e. The summed E-state index contributed by atoms with van der Waals surface area (Å²) in [5.41, 5.74) is 4.46. The fraction of sp³-hybridized carbons (Fsp3) is 0.0769. The molecule has 0 aliphatic heterocycles. The Morgan fingerprint density at radius 2 is 1.38 bits per heavy atom. The Morgan fingerprint density at radius 1 is 0.690 bits per heavy atom. The number of hydrogen-bond donors (Lipinski definition) is 6. The first-order valence-corrected chi connectivity index (χ1v) is 12.4. The molecule has 4 radical (unpaired) electrons. The fourth-order valence-electron chi connectivity index (χ4n) is 3.86. The van der Waals surface area contributed by atoms with Gasteiger partial charge in [0.15, 0.2) is 0 Å². The van der Waals surface area contributed by atoms with Gasteiger partial charge in [-0.1, -0.05) is 6.07 Å². The van der Waals surface area contributed by atoms with Crippen molar-refractivity contribution in [2.45, 2.75) is 6.92 Å². The molecule has 6 N–H and O–H groups in total. The van der Waals surface area contributed by atoms with Crippen molar-refractivity contribution in [2.75, 3.05) is 17.7 Å². The number of nitrogens with one attached hydrogen (secondary N) is 2. The van der Waals surface area contributed by atoms with Crippen molar-refractivity contribution in [2.24, 2.45) is 9.98 Å². The molecule has 0 bridgehead atoms. The molecule has 0 saturated heterocycles. The Kier molecular flexibility index (Phi) is 10.7. The number of aliphatic imine (C=N–C) groups is 2. The van der Waals surface area contributed by atoms with E-state index < -0.39 is 0 Å². The molecular formula is C26H24B4N4O8. The molecule has 1 aliphatic rings. The van der Waals surface area contributed by atoms with Crippen LogP contribution in [0, 0.1) is 6.92 Å². The SMILES string of the molecule is CNc1ccc(Nc2ccc(N=C3C=CC(=Nc4ccc(C)c(O[B]O)c4)C(O[B]O)=C3)c(O[B]O)c2)c(O[B]O)c1. The third-order valence-corrected chi connectivity index (χ3v) is 5.84. The van der Waals surface area contributed by atoms with Crippen molar-refractivity contribution in [3.63, 3.8) is 0 Å². The van der Waals surface area contributed by atoms with Gasteiger partial charge in [0.25, 0.3) is 0 Å². The lowest BCUT2D eigenvalue weighted by Gasteiger charge is -2.16. The van der Waals surface area contributed by atoms with Crippen molar-refractivity contribution in [3.8, 4) is 17.2 Å². The molecule has 0 heterocycles. The van der Waals surface area contributed by atoms with Crippen LogP contribution in [0.3, 0.4) is 0 Å². The summed E-state index contributed by atoms with van der Waals surface area (Å²) in [6, 6.07) is 15.5. The average molecular weight is 564 g/mol. The third-order valence-electron chi connectivity index (χ3n) is 5.84. The van der Waals surface area contributed by atoms with Crippen LogP contribution in [-0.2, 0) is 4.65 Å². The second kappa shape index (κ2) is 14.8. The van der Waals surface area contributed by atoms with E-state index in [1.54, 1.807) is 73.8 Å². The topological polar surface area (TPSA) is 167 Å². The molecule has 0 amide bonds. The van der Waals surface area contributed by atoms with E-state index >= 15 is 0 Å². The Balaban J connectivity index is 1.62. The number of allylic oxidation sites excluding steroid dienone is 3. The van der Waals surface area contributed by atoms with Crippen molar-refractivity contribution in [1.29, 1.82) is 0 Å². The Bertz CT molecular complexity index is 1530. The minimum Gasteiger partial charge on any atom is -0.537 e. The molecule has 42 heavy (non-hydrogen) atoms. The van der Waals surface area contributed by atoms with E-state index in [-0.39, 0.29) is 11.5 Å². The number of hydrogen-bond acceptors (Lipinski definition) is 12. The predicted octanol–water partition coefficient (Wildman–Crippen LogP) is 2.34. The molecule has 16 heteroatoms. The third kappa shape index (κ3) is 7.77. The number of aryl methyl sites for hydroxylation is 1. The molecule has 3 aromatic rings. The van der Waals surface area contributed by atoms with Gasteiger partial charge < -0.3 is 49.3 Å². The van der Waals surface area contributed by atoms with Crippen molar-refractivity contribution in [1.82, 2.24) is 0 Å². The van der Waals surface area contributed by atoms with Gasteiger partial charge in [0, 0.05) is 42.7 Å². The number of nitrogens with zero attached hydrogens (tertiary/aromatic N) is 2. The van der Waals surface area contributed by atoms with E-state index in [4.69, 9.17) is 28.7 Å². The van der Waals surface area contributed by atoms with Gasteiger partial charge in [-0.2, -0.15) is 0 Å². The minimum absolute atomic E-state index is 0.211. The summed E-state index contributed by atoms with van der Waals surface area (Å²) in [4.78, 5) is 9.14. The Morgan fingerprint density at radius 3 is 2.12 bits per heavy atom. The van der Waals surface area contributed by atoms with Crippen LogP contribution in [0.1, 0.15) is 5.56 Å². The van der Waals surface area contributed by atoms with E-state index in [0.717, 1.165) is 11.3 Å². The smallest absolute Gasteiger partial charge is 0.537 e. The first-order valence-electron chi connectivity index (χ1n) is 12.4. The van der Waals surface area contributed by atoms with Crippen LogP contribution in [0.5, 0.6) is 17.2 Å². The second-order valence-corrected chi connectivity index (χ2v) is 8.49. The Labute approximate surface area is 245 Å². The zero-order valence-corrected chi connectivity index (χ0v) is 22.6. The summed E-state index contributed by atoms with van der Waals surface area (Å²) in [7, 11) is 4.02. The van der Waals surface area contributed by atoms with Crippen LogP contribution in [0.15, 0.2) is 88.6 Å². The van der Waals surface area contributed by atoms with Crippen molar-refractivity contribution >= 4 is 70.6 Å². The molecule has 208 valence electrons. The largest absolute Gasteiger partial charge is 0.569 e. The molecule has 0 fully saturated rings. The normalized spacial score (nSPS) is 14.1. The highest BCUT2D eigenvalue weighted by molar-refractivity contribution is 6.25. The molecule has 12 nitrogen and oxygen atoms in total. The van der Waals surface area contributed by atoms with Gasteiger partial charge in [-0.05, 0) is 55.0 Å². The maximum absolute atomic E-state index is 9.37. The molecule has 4 rings (SSSR count). The highest BCUT2D eigenvalue weighted by atomic mass is 16.5. The molecule has 0 saturated carbocycles. The lowest BCUT2D eigenvalue weighted by molar-refractivity contribution is 0.389. The summed E-state index contributed by atoms with van der Waals surface area (Å²) >= 11 is 0. The molecule has 0 unspecified atom stereocenters. The summed E-state index contributed by atoms with van der Waals surface area (Å²) < 4.78 is 20.9. The monoisotopic (exact) mass is 564 g/mol. The number of rotatable bonds is 13. The number of benzene rings is 3. The minimum atomic E-state index is 0.211. The highest BCUT2D eigenvalue weighted by Gasteiger charge is 2.15. The second-order valence-electron chi connectivity index (χ2n) is 8.49.